The van der Waals surface area contributed by atoms with E-state index < -0.39 is 21.0 Å². The SMILES string of the molecule is C[C](C)=[Hf]([CH]1C=CC=C1c1cc(C)cc(C)c1)[CH]1c2cc(C(C)(C)C)ccc2-c2ccc(C(C)(C)C)cc21. The Morgan fingerprint density at radius 1 is 0.684 bits per heavy atom. The molecule has 1 heteroatoms. The molecule has 5 rings (SSSR count). The first-order chi connectivity index (χ1) is 17.8. The summed E-state index contributed by atoms with van der Waals surface area (Å²) in [6, 6.07) is 21.9. The normalized spacial score (nSPS) is 16.9. The Labute approximate surface area is 238 Å². The zero-order chi connectivity index (χ0) is 27.6. The minimum atomic E-state index is -2.55. The molecule has 0 bridgehead atoms. The van der Waals surface area contributed by atoms with Crippen LogP contribution in [-0.2, 0) is 31.8 Å². The Bertz CT molecular complexity index is 1420. The van der Waals surface area contributed by atoms with E-state index in [4.69, 9.17) is 0 Å². The van der Waals surface area contributed by atoms with E-state index in [1.54, 1.807) is 20.0 Å². The van der Waals surface area contributed by atoms with Gasteiger partial charge in [0, 0.05) is 0 Å². The van der Waals surface area contributed by atoms with Gasteiger partial charge in [0.25, 0.3) is 0 Å². The van der Waals surface area contributed by atoms with E-state index in [1.807, 2.05) is 0 Å². The van der Waals surface area contributed by atoms with E-state index in [1.165, 1.54) is 38.9 Å². The van der Waals surface area contributed by atoms with Crippen molar-refractivity contribution in [2.75, 3.05) is 0 Å². The van der Waals surface area contributed by atoms with Crippen molar-refractivity contribution in [3.8, 4) is 11.1 Å². The van der Waals surface area contributed by atoms with Crippen molar-refractivity contribution < 1.29 is 21.0 Å². The monoisotopic (exact) mass is 668 g/mol. The molecule has 0 nitrogen and oxygen atoms in total. The van der Waals surface area contributed by atoms with Crippen LogP contribution in [0.1, 0.15) is 98.0 Å². The van der Waals surface area contributed by atoms with Crippen LogP contribution in [0, 0.1) is 13.8 Å². The number of hydrogen-bond acceptors (Lipinski definition) is 0. The molecule has 0 N–H and O–H groups in total. The fourth-order valence-electron chi connectivity index (χ4n) is 6.47. The van der Waals surface area contributed by atoms with Crippen molar-refractivity contribution in [1.82, 2.24) is 0 Å². The molecular weight excluding hydrogens is 623 g/mol. The molecule has 2 aliphatic rings. The zero-order valence-electron chi connectivity index (χ0n) is 25.1. The summed E-state index contributed by atoms with van der Waals surface area (Å²) in [6.07, 6.45) is 7.32. The summed E-state index contributed by atoms with van der Waals surface area (Å²) in [5.41, 5.74) is 15.0. The van der Waals surface area contributed by atoms with Crippen LogP contribution >= 0.6 is 0 Å². The van der Waals surface area contributed by atoms with Gasteiger partial charge in [0.05, 0.1) is 0 Å². The van der Waals surface area contributed by atoms with Crippen LogP contribution < -0.4 is 0 Å². The summed E-state index contributed by atoms with van der Waals surface area (Å²) >= 11 is -2.55. The standard InChI is InChI=1S/C21H25.C13H13.C3H6.Hf/c1-20(2,3)16-7-9-18-14(12-16)11-15-13-17(21(4,5)6)8-10-19(15)18;1-10-7-11(2)9-13(8-10)12-5-3-4-6-12;1-3-2;/h7-13H,1-6H3;3-9H,1-2H3;1-2H3;. The maximum atomic E-state index is 2.59. The fraction of sp³-hybridized carbons (Fsp3) is 0.378. The first kappa shape index (κ1) is 27.4. The van der Waals surface area contributed by atoms with Gasteiger partial charge in [0.15, 0.2) is 0 Å². The van der Waals surface area contributed by atoms with E-state index in [0.717, 1.165) is 0 Å². The van der Waals surface area contributed by atoms with Crippen LogP contribution in [0.5, 0.6) is 0 Å². The molecule has 0 amide bonds. The van der Waals surface area contributed by atoms with Gasteiger partial charge < -0.3 is 0 Å². The van der Waals surface area contributed by atoms with Gasteiger partial charge >= 0.3 is 240 Å². The summed E-state index contributed by atoms with van der Waals surface area (Å²) in [7, 11) is 0. The Morgan fingerprint density at radius 2 is 1.18 bits per heavy atom. The van der Waals surface area contributed by atoms with E-state index in [2.05, 4.69) is 142 Å². The molecule has 0 radical (unpaired) electrons. The van der Waals surface area contributed by atoms with Crippen LogP contribution in [0.4, 0.5) is 0 Å². The zero-order valence-corrected chi connectivity index (χ0v) is 28.7. The number of rotatable bonds is 3. The van der Waals surface area contributed by atoms with Gasteiger partial charge in [-0.05, 0) is 0 Å². The Hall–Kier alpha value is -2.12. The van der Waals surface area contributed by atoms with Crippen molar-refractivity contribution in [3.05, 3.63) is 112 Å². The summed E-state index contributed by atoms with van der Waals surface area (Å²) in [6.45, 7) is 23.5. The van der Waals surface area contributed by atoms with E-state index in [0.29, 0.717) is 7.35 Å². The third-order valence-corrected chi connectivity index (χ3v) is 21.3. The predicted molar refractivity (Wildman–Crippen MR) is 164 cm³/mol. The van der Waals surface area contributed by atoms with Crippen molar-refractivity contribution in [2.24, 2.45) is 0 Å². The van der Waals surface area contributed by atoms with E-state index >= 15 is 0 Å². The second-order valence-corrected chi connectivity index (χ2v) is 25.0. The van der Waals surface area contributed by atoms with E-state index in [-0.39, 0.29) is 10.8 Å². The molecule has 2 aliphatic carbocycles. The molecule has 38 heavy (non-hydrogen) atoms. The molecule has 0 saturated heterocycles. The molecule has 196 valence electrons. The molecule has 1 atom stereocenters. The number of aryl methyl sites for hydroxylation is 2. The van der Waals surface area contributed by atoms with Crippen LogP contribution in [0.3, 0.4) is 0 Å². The molecule has 3 aromatic carbocycles. The van der Waals surface area contributed by atoms with Gasteiger partial charge in [0.1, 0.15) is 0 Å². The van der Waals surface area contributed by atoms with Gasteiger partial charge in [-0.25, -0.2) is 0 Å². The first-order valence-electron chi connectivity index (χ1n) is 14.2. The number of benzene rings is 3. The number of hydrogen-bond donors (Lipinski definition) is 0. The molecule has 0 heterocycles. The van der Waals surface area contributed by atoms with Crippen LogP contribution in [0.2, 0.25) is 3.67 Å². The first-order valence-corrected chi connectivity index (χ1v) is 20.1. The summed E-state index contributed by atoms with van der Waals surface area (Å²) in [5.74, 6) is 0. The molecule has 0 fully saturated rings. The quantitative estimate of drug-likeness (QED) is 0.244. The van der Waals surface area contributed by atoms with E-state index in [9.17, 15) is 0 Å². The predicted octanol–water partition coefficient (Wildman–Crippen LogP) is 10.2. The molecular formula is C37H44Hf. The van der Waals surface area contributed by atoms with Crippen LogP contribution in [-0.4, -0.2) is 3.26 Å². The third-order valence-electron chi connectivity index (χ3n) is 8.44. The average molecular weight is 667 g/mol. The van der Waals surface area contributed by atoms with Crippen molar-refractivity contribution in [1.29, 1.82) is 0 Å². The Balaban J connectivity index is 1.74. The third kappa shape index (κ3) is 4.97. The molecule has 0 aromatic heterocycles. The molecule has 0 saturated carbocycles. The minimum absolute atomic E-state index is 0.138. The van der Waals surface area contributed by atoms with Gasteiger partial charge in [0.2, 0.25) is 0 Å². The van der Waals surface area contributed by atoms with Gasteiger partial charge in [-0.1, -0.05) is 0 Å². The summed E-state index contributed by atoms with van der Waals surface area (Å²) < 4.78 is 2.82. The molecule has 0 spiro atoms. The van der Waals surface area contributed by atoms with Crippen molar-refractivity contribution in [3.63, 3.8) is 0 Å². The van der Waals surface area contributed by atoms with Crippen molar-refractivity contribution >= 4 is 8.83 Å². The Kier molecular flexibility index (Phi) is 7.09. The van der Waals surface area contributed by atoms with Crippen molar-refractivity contribution in [2.45, 2.75) is 87.4 Å². The number of fused-ring (bicyclic) bond motifs is 3. The van der Waals surface area contributed by atoms with Crippen LogP contribution in [0.25, 0.3) is 16.7 Å². The van der Waals surface area contributed by atoms with Gasteiger partial charge in [-0.15, -0.1) is 0 Å². The molecule has 0 aliphatic heterocycles. The second-order valence-electron chi connectivity index (χ2n) is 13.9. The molecule has 3 aromatic rings. The molecule has 1 unspecified atom stereocenters. The maximum absolute atomic E-state index is 2.59. The summed E-state index contributed by atoms with van der Waals surface area (Å²) in [5, 5.41) is 0. The Morgan fingerprint density at radius 3 is 1.63 bits per heavy atom. The topological polar surface area (TPSA) is 0 Å². The summed E-state index contributed by atoms with van der Waals surface area (Å²) in [4.78, 5) is 0. The van der Waals surface area contributed by atoms with Gasteiger partial charge in [-0.2, -0.15) is 0 Å². The number of allylic oxidation sites excluding steroid dienone is 4. The average Bonchev–Trinajstić information content (AvgIpc) is 3.40. The fourth-order valence-corrected chi connectivity index (χ4v) is 19.5. The van der Waals surface area contributed by atoms with Gasteiger partial charge in [-0.3, -0.25) is 0 Å². The van der Waals surface area contributed by atoms with Crippen LogP contribution in [0.15, 0.2) is 72.8 Å². The second kappa shape index (κ2) is 9.81.